The summed E-state index contributed by atoms with van der Waals surface area (Å²) in [6.45, 7) is 3.92. The van der Waals surface area contributed by atoms with Gasteiger partial charge in [0.25, 0.3) is 0 Å². The molecule has 0 saturated heterocycles. The summed E-state index contributed by atoms with van der Waals surface area (Å²) in [4.78, 5) is 6.08. The van der Waals surface area contributed by atoms with Gasteiger partial charge in [-0.2, -0.15) is 0 Å². The van der Waals surface area contributed by atoms with Gasteiger partial charge in [-0.3, -0.25) is 0 Å². The van der Waals surface area contributed by atoms with Crippen molar-refractivity contribution in [3.63, 3.8) is 0 Å². The van der Waals surface area contributed by atoms with E-state index in [4.69, 9.17) is 0 Å². The highest BCUT2D eigenvalue weighted by Crippen LogP contribution is 1.82. The summed E-state index contributed by atoms with van der Waals surface area (Å²) < 4.78 is 0. The molecule has 2 heteroatoms. The molecule has 0 aliphatic rings. The molecule has 52 valence electrons. The highest BCUT2D eigenvalue weighted by Gasteiger charge is 1.86. The average Bonchev–Trinajstić information content (AvgIpc) is 1.82. The van der Waals surface area contributed by atoms with Crippen LogP contribution in [0.15, 0.2) is 17.3 Å². The standard InChI is InChI=1S/C7H14N2/c1-5-6-8-7(2)9(3)4/h5-6H,1-4H3/b6-5-,8-7+. The molecule has 0 radical (unpaired) electrons. The summed E-state index contributed by atoms with van der Waals surface area (Å²) in [5.74, 6) is 1.02. The zero-order chi connectivity index (χ0) is 7.28. The molecule has 0 atom stereocenters. The zero-order valence-corrected chi connectivity index (χ0v) is 6.55. The molecule has 0 fully saturated rings. The van der Waals surface area contributed by atoms with Gasteiger partial charge in [-0.15, -0.1) is 0 Å². The summed E-state index contributed by atoms with van der Waals surface area (Å²) >= 11 is 0. The van der Waals surface area contributed by atoms with Crippen LogP contribution in [0.4, 0.5) is 0 Å². The second-order valence-corrected chi connectivity index (χ2v) is 2.05. The average molecular weight is 126 g/mol. The number of allylic oxidation sites excluding steroid dienone is 1. The summed E-state index contributed by atoms with van der Waals surface area (Å²) in [6.07, 6.45) is 3.70. The highest BCUT2D eigenvalue weighted by atomic mass is 15.1. The summed E-state index contributed by atoms with van der Waals surface area (Å²) in [5.41, 5.74) is 0. The molecular formula is C7H14N2. The van der Waals surface area contributed by atoms with Crippen molar-refractivity contribution in [1.29, 1.82) is 0 Å². The normalized spacial score (nSPS) is 12.7. The van der Waals surface area contributed by atoms with Crippen molar-refractivity contribution >= 4 is 5.84 Å². The molecular weight excluding hydrogens is 112 g/mol. The van der Waals surface area contributed by atoms with Crippen LogP contribution in [0, 0.1) is 0 Å². The smallest absolute Gasteiger partial charge is 0.100 e. The summed E-state index contributed by atoms with van der Waals surface area (Å²) in [7, 11) is 3.95. The Labute approximate surface area is 56.9 Å². The lowest BCUT2D eigenvalue weighted by Crippen LogP contribution is -2.17. The third-order valence-corrected chi connectivity index (χ3v) is 1.06. The van der Waals surface area contributed by atoms with Crippen LogP contribution in [-0.4, -0.2) is 24.8 Å². The topological polar surface area (TPSA) is 15.6 Å². The van der Waals surface area contributed by atoms with E-state index in [-0.39, 0.29) is 0 Å². The van der Waals surface area contributed by atoms with Crippen molar-refractivity contribution < 1.29 is 0 Å². The van der Waals surface area contributed by atoms with Gasteiger partial charge in [-0.25, -0.2) is 4.99 Å². The molecule has 0 spiro atoms. The molecule has 0 rings (SSSR count). The van der Waals surface area contributed by atoms with Crippen molar-refractivity contribution in [2.24, 2.45) is 4.99 Å². The fourth-order valence-electron chi connectivity index (χ4n) is 0.298. The van der Waals surface area contributed by atoms with E-state index in [0.717, 1.165) is 5.84 Å². The van der Waals surface area contributed by atoms with Crippen LogP contribution < -0.4 is 0 Å². The molecule has 0 aliphatic carbocycles. The third kappa shape index (κ3) is 3.76. The molecule has 0 N–H and O–H groups in total. The molecule has 0 heterocycles. The Morgan fingerprint density at radius 1 is 1.44 bits per heavy atom. The van der Waals surface area contributed by atoms with E-state index in [0.29, 0.717) is 0 Å². The van der Waals surface area contributed by atoms with Crippen LogP contribution in [0.1, 0.15) is 13.8 Å². The molecule has 0 aromatic rings. The minimum Gasteiger partial charge on any atom is -0.366 e. The number of aliphatic imine (C=N–C) groups is 1. The van der Waals surface area contributed by atoms with Gasteiger partial charge in [0.15, 0.2) is 0 Å². The van der Waals surface area contributed by atoms with E-state index in [2.05, 4.69) is 4.99 Å². The van der Waals surface area contributed by atoms with Gasteiger partial charge in [0.2, 0.25) is 0 Å². The molecule has 9 heavy (non-hydrogen) atoms. The molecule has 2 nitrogen and oxygen atoms in total. The van der Waals surface area contributed by atoms with E-state index >= 15 is 0 Å². The lowest BCUT2D eigenvalue weighted by molar-refractivity contribution is 0.618. The number of hydrogen-bond acceptors (Lipinski definition) is 1. The van der Waals surface area contributed by atoms with Gasteiger partial charge in [-0.1, -0.05) is 6.08 Å². The maximum atomic E-state index is 4.10. The molecule has 0 aromatic carbocycles. The first-order chi connectivity index (χ1) is 4.18. The Hall–Kier alpha value is -0.790. The second kappa shape index (κ2) is 4.13. The lowest BCUT2D eigenvalue weighted by atomic mass is 10.6. The van der Waals surface area contributed by atoms with Crippen LogP contribution in [0.2, 0.25) is 0 Å². The highest BCUT2D eigenvalue weighted by molar-refractivity contribution is 5.79. The minimum absolute atomic E-state index is 1.02. The van der Waals surface area contributed by atoms with E-state index < -0.39 is 0 Å². The first kappa shape index (κ1) is 8.21. The number of hydrogen-bond donors (Lipinski definition) is 0. The molecule has 0 amide bonds. The van der Waals surface area contributed by atoms with E-state index in [1.165, 1.54) is 0 Å². The fourth-order valence-corrected chi connectivity index (χ4v) is 0.298. The van der Waals surface area contributed by atoms with Crippen molar-refractivity contribution in [1.82, 2.24) is 4.90 Å². The van der Waals surface area contributed by atoms with Crippen molar-refractivity contribution in [2.75, 3.05) is 14.1 Å². The maximum Gasteiger partial charge on any atom is 0.100 e. The van der Waals surface area contributed by atoms with Gasteiger partial charge in [-0.05, 0) is 13.8 Å². The van der Waals surface area contributed by atoms with Gasteiger partial charge < -0.3 is 4.90 Å². The van der Waals surface area contributed by atoms with Gasteiger partial charge in [0.1, 0.15) is 5.84 Å². The Balaban J connectivity index is 3.84. The van der Waals surface area contributed by atoms with Crippen LogP contribution in [0.5, 0.6) is 0 Å². The van der Waals surface area contributed by atoms with Gasteiger partial charge >= 0.3 is 0 Å². The van der Waals surface area contributed by atoms with Crippen LogP contribution in [0.3, 0.4) is 0 Å². The van der Waals surface area contributed by atoms with E-state index in [9.17, 15) is 0 Å². The van der Waals surface area contributed by atoms with Gasteiger partial charge in [0, 0.05) is 20.3 Å². The third-order valence-electron chi connectivity index (χ3n) is 1.06. The SMILES string of the molecule is C/C=C\N=C(/C)N(C)C. The Kier molecular flexibility index (Phi) is 3.76. The molecule has 0 aromatic heterocycles. The van der Waals surface area contributed by atoms with Crippen molar-refractivity contribution in [2.45, 2.75) is 13.8 Å². The largest absolute Gasteiger partial charge is 0.366 e. The molecule has 0 aliphatic heterocycles. The number of amidine groups is 1. The molecule has 0 unspecified atom stereocenters. The number of nitrogens with zero attached hydrogens (tertiary/aromatic N) is 2. The molecule has 0 saturated carbocycles. The fraction of sp³-hybridized carbons (Fsp3) is 0.571. The predicted octanol–water partition coefficient (Wildman–Crippen LogP) is 1.50. The van der Waals surface area contributed by atoms with Crippen LogP contribution in [0.25, 0.3) is 0 Å². The Bertz CT molecular complexity index is 123. The zero-order valence-electron chi connectivity index (χ0n) is 6.55. The lowest BCUT2D eigenvalue weighted by Gasteiger charge is -2.08. The first-order valence-electron chi connectivity index (χ1n) is 3.01. The van der Waals surface area contributed by atoms with E-state index in [1.807, 2.05) is 38.9 Å². The monoisotopic (exact) mass is 126 g/mol. The van der Waals surface area contributed by atoms with Crippen LogP contribution in [-0.2, 0) is 0 Å². The predicted molar refractivity (Wildman–Crippen MR) is 41.6 cm³/mol. The van der Waals surface area contributed by atoms with E-state index in [1.54, 1.807) is 6.20 Å². The summed E-state index contributed by atoms with van der Waals surface area (Å²) in [5, 5.41) is 0. The minimum atomic E-state index is 1.02. The van der Waals surface area contributed by atoms with Crippen molar-refractivity contribution in [3.8, 4) is 0 Å². The quantitative estimate of drug-likeness (QED) is 0.384. The molecule has 0 bridgehead atoms. The summed E-state index contributed by atoms with van der Waals surface area (Å²) in [6, 6.07) is 0. The number of rotatable bonds is 1. The van der Waals surface area contributed by atoms with Crippen LogP contribution >= 0.6 is 0 Å². The van der Waals surface area contributed by atoms with Gasteiger partial charge in [0.05, 0.1) is 0 Å². The first-order valence-corrected chi connectivity index (χ1v) is 3.01. The Morgan fingerprint density at radius 3 is 2.33 bits per heavy atom. The Morgan fingerprint density at radius 2 is 2.00 bits per heavy atom. The maximum absolute atomic E-state index is 4.10. The van der Waals surface area contributed by atoms with Crippen molar-refractivity contribution in [3.05, 3.63) is 12.3 Å². The second-order valence-electron chi connectivity index (χ2n) is 2.05.